The van der Waals surface area contributed by atoms with Gasteiger partial charge in [0.05, 0.1) is 18.8 Å². The van der Waals surface area contributed by atoms with Crippen LogP contribution in [0, 0.1) is 17.8 Å². The second-order valence-corrected chi connectivity index (χ2v) is 9.05. The van der Waals surface area contributed by atoms with Gasteiger partial charge in [0.2, 0.25) is 0 Å². The molecule has 5 nitrogen and oxygen atoms in total. The molecule has 2 fully saturated rings. The number of ketones is 1. The zero-order valence-corrected chi connectivity index (χ0v) is 18.0. The second kappa shape index (κ2) is 11.7. The fraction of sp³-hybridized carbons (Fsp3) is 0.750. The molecule has 0 aliphatic heterocycles. The Kier molecular flexibility index (Phi) is 9.57. The van der Waals surface area contributed by atoms with Crippen molar-refractivity contribution in [2.45, 2.75) is 89.3 Å². The monoisotopic (exact) mass is 406 g/mol. The van der Waals surface area contributed by atoms with Crippen molar-refractivity contribution in [2.75, 3.05) is 7.11 Å². The van der Waals surface area contributed by atoms with E-state index < -0.39 is 11.7 Å². The molecule has 1 unspecified atom stereocenters. The predicted octanol–water partition coefficient (Wildman–Crippen LogP) is 4.12. The van der Waals surface area contributed by atoms with Crippen LogP contribution in [0.3, 0.4) is 0 Å². The van der Waals surface area contributed by atoms with E-state index in [4.69, 9.17) is 0 Å². The quantitative estimate of drug-likeness (QED) is 0.376. The molecule has 2 aliphatic rings. The van der Waals surface area contributed by atoms with Gasteiger partial charge in [-0.25, -0.2) is 0 Å². The van der Waals surface area contributed by atoms with Crippen LogP contribution in [0.2, 0.25) is 0 Å². The third-order valence-electron chi connectivity index (χ3n) is 6.52. The van der Waals surface area contributed by atoms with E-state index in [9.17, 15) is 19.8 Å². The first kappa shape index (κ1) is 23.8. The van der Waals surface area contributed by atoms with Gasteiger partial charge in [0.15, 0.2) is 0 Å². The molecule has 29 heavy (non-hydrogen) atoms. The SMILES string of the molecule is COC(=O)CC/C=C\CC[C@H]1C(=O)C[C@@H](O)[C@@H]1/C=C/CC(C)(O)CCC1CCC1. The first-order valence-corrected chi connectivity index (χ1v) is 11.1. The molecule has 0 aromatic rings. The lowest BCUT2D eigenvalue weighted by atomic mass is 9.79. The topological polar surface area (TPSA) is 83.8 Å². The van der Waals surface area contributed by atoms with Crippen LogP contribution in [0.15, 0.2) is 24.3 Å². The molecular weight excluding hydrogens is 368 g/mol. The molecule has 0 aromatic carbocycles. The number of aliphatic hydroxyl groups excluding tert-OH is 1. The van der Waals surface area contributed by atoms with Gasteiger partial charge in [0, 0.05) is 24.7 Å². The summed E-state index contributed by atoms with van der Waals surface area (Å²) in [5.74, 6) is 0.328. The minimum absolute atomic E-state index is 0.117. The number of aliphatic hydroxyl groups is 2. The van der Waals surface area contributed by atoms with Crippen LogP contribution in [-0.2, 0) is 14.3 Å². The van der Waals surface area contributed by atoms with Crippen LogP contribution in [-0.4, -0.2) is 40.8 Å². The number of hydrogen-bond donors (Lipinski definition) is 2. The number of esters is 1. The van der Waals surface area contributed by atoms with Crippen molar-refractivity contribution in [3.63, 3.8) is 0 Å². The Morgan fingerprint density at radius 1 is 1.21 bits per heavy atom. The largest absolute Gasteiger partial charge is 0.469 e. The smallest absolute Gasteiger partial charge is 0.305 e. The molecule has 0 saturated heterocycles. The average Bonchev–Trinajstić information content (AvgIpc) is 2.89. The van der Waals surface area contributed by atoms with Crippen LogP contribution >= 0.6 is 0 Å². The van der Waals surface area contributed by atoms with Crippen molar-refractivity contribution in [3.05, 3.63) is 24.3 Å². The summed E-state index contributed by atoms with van der Waals surface area (Å²) in [4.78, 5) is 23.4. The number of allylic oxidation sites excluding steroid dienone is 2. The normalized spacial score (nSPS) is 27.4. The van der Waals surface area contributed by atoms with Gasteiger partial charge in [-0.2, -0.15) is 0 Å². The van der Waals surface area contributed by atoms with Gasteiger partial charge in [0.1, 0.15) is 5.78 Å². The number of carbonyl (C=O) groups is 2. The Bertz CT molecular complexity index is 588. The number of Topliss-reactive ketones (excluding diaryl/α,β-unsaturated/α-hetero) is 1. The van der Waals surface area contributed by atoms with E-state index in [0.29, 0.717) is 25.7 Å². The van der Waals surface area contributed by atoms with Gasteiger partial charge in [-0.15, -0.1) is 0 Å². The minimum Gasteiger partial charge on any atom is -0.469 e. The van der Waals surface area contributed by atoms with E-state index in [1.807, 2.05) is 31.2 Å². The van der Waals surface area contributed by atoms with Gasteiger partial charge in [-0.1, -0.05) is 43.6 Å². The molecule has 4 atom stereocenters. The standard InChI is InChI=1S/C24H38O5/c1-24(28,16-14-18-9-7-10-18)15-8-12-20-19(21(25)17-22(20)26)11-5-3-4-6-13-23(27)29-2/h3-4,8,12,18-20,22,26,28H,5-7,9-11,13-17H2,1-2H3/b4-3-,12-8+/t19-,20-,22-,24?/m1/s1. The van der Waals surface area contributed by atoms with Gasteiger partial charge < -0.3 is 14.9 Å². The summed E-state index contributed by atoms with van der Waals surface area (Å²) in [7, 11) is 1.38. The maximum atomic E-state index is 12.3. The van der Waals surface area contributed by atoms with Crippen molar-refractivity contribution in [1.29, 1.82) is 0 Å². The Hall–Kier alpha value is -1.46. The minimum atomic E-state index is -0.725. The zero-order chi connectivity index (χ0) is 21.3. The van der Waals surface area contributed by atoms with Gasteiger partial charge >= 0.3 is 5.97 Å². The first-order valence-electron chi connectivity index (χ1n) is 11.1. The van der Waals surface area contributed by atoms with E-state index in [1.54, 1.807) is 0 Å². The third-order valence-corrected chi connectivity index (χ3v) is 6.52. The Morgan fingerprint density at radius 3 is 2.59 bits per heavy atom. The molecule has 2 saturated carbocycles. The van der Waals surface area contributed by atoms with Crippen LogP contribution in [0.4, 0.5) is 0 Å². The fourth-order valence-corrected chi connectivity index (χ4v) is 4.28. The lowest BCUT2D eigenvalue weighted by Gasteiger charge is -2.29. The molecule has 2 N–H and O–H groups in total. The summed E-state index contributed by atoms with van der Waals surface area (Å²) in [5, 5.41) is 20.9. The van der Waals surface area contributed by atoms with Crippen LogP contribution in [0.25, 0.3) is 0 Å². The molecule has 164 valence electrons. The van der Waals surface area contributed by atoms with Gasteiger partial charge in [0.25, 0.3) is 0 Å². The fourth-order valence-electron chi connectivity index (χ4n) is 4.28. The van der Waals surface area contributed by atoms with E-state index in [-0.39, 0.29) is 30.0 Å². The first-order chi connectivity index (χ1) is 13.8. The summed E-state index contributed by atoms with van der Waals surface area (Å²) in [6.07, 6.45) is 16.2. The van der Waals surface area contributed by atoms with Crippen molar-refractivity contribution in [1.82, 2.24) is 0 Å². The van der Waals surface area contributed by atoms with Crippen molar-refractivity contribution < 1.29 is 24.5 Å². The van der Waals surface area contributed by atoms with Gasteiger partial charge in [-0.05, 0) is 51.4 Å². The van der Waals surface area contributed by atoms with E-state index in [2.05, 4.69) is 4.74 Å². The number of hydrogen-bond acceptors (Lipinski definition) is 5. The number of ether oxygens (including phenoxy) is 1. The molecule has 0 aromatic heterocycles. The molecule has 0 heterocycles. The Balaban J connectivity index is 1.77. The second-order valence-electron chi connectivity index (χ2n) is 9.05. The highest BCUT2D eigenvalue weighted by molar-refractivity contribution is 5.84. The van der Waals surface area contributed by atoms with Gasteiger partial charge in [-0.3, -0.25) is 9.59 Å². The summed E-state index contributed by atoms with van der Waals surface area (Å²) < 4.78 is 4.60. The third kappa shape index (κ3) is 8.06. The highest BCUT2D eigenvalue weighted by atomic mass is 16.5. The van der Waals surface area contributed by atoms with Crippen LogP contribution in [0.1, 0.15) is 77.6 Å². The summed E-state index contributed by atoms with van der Waals surface area (Å²) >= 11 is 0. The maximum Gasteiger partial charge on any atom is 0.305 e. The lowest BCUT2D eigenvalue weighted by molar-refractivity contribution is -0.140. The average molecular weight is 407 g/mol. The van der Waals surface area contributed by atoms with Crippen LogP contribution in [0.5, 0.6) is 0 Å². The lowest BCUT2D eigenvalue weighted by Crippen LogP contribution is -2.26. The van der Waals surface area contributed by atoms with Crippen molar-refractivity contribution >= 4 is 11.8 Å². The van der Waals surface area contributed by atoms with Crippen LogP contribution < -0.4 is 0 Å². The highest BCUT2D eigenvalue weighted by Crippen LogP contribution is 2.35. The molecular formula is C24H38O5. The van der Waals surface area contributed by atoms with E-state index >= 15 is 0 Å². The highest BCUT2D eigenvalue weighted by Gasteiger charge is 2.39. The Labute approximate surface area is 175 Å². The number of methoxy groups -OCH3 is 1. The molecule has 0 amide bonds. The maximum absolute atomic E-state index is 12.3. The number of rotatable bonds is 12. The molecule has 0 spiro atoms. The summed E-state index contributed by atoms with van der Waals surface area (Å²) in [5.41, 5.74) is -0.725. The van der Waals surface area contributed by atoms with Crippen molar-refractivity contribution in [2.24, 2.45) is 17.8 Å². The molecule has 0 bridgehead atoms. The van der Waals surface area contributed by atoms with E-state index in [1.165, 1.54) is 26.4 Å². The molecule has 0 radical (unpaired) electrons. The zero-order valence-electron chi connectivity index (χ0n) is 18.0. The molecule has 5 heteroatoms. The number of carbonyl (C=O) groups excluding carboxylic acids is 2. The van der Waals surface area contributed by atoms with Crippen molar-refractivity contribution in [3.8, 4) is 0 Å². The molecule has 2 aliphatic carbocycles. The summed E-state index contributed by atoms with van der Waals surface area (Å²) in [6, 6.07) is 0. The van der Waals surface area contributed by atoms with E-state index in [0.717, 1.165) is 25.2 Å². The molecule has 2 rings (SSSR count). The predicted molar refractivity (Wildman–Crippen MR) is 113 cm³/mol. The summed E-state index contributed by atoms with van der Waals surface area (Å²) in [6.45, 7) is 1.88. The Morgan fingerprint density at radius 2 is 1.93 bits per heavy atom.